The molecular formula is C16H18N2O2S. The number of rotatable bonds is 4. The number of furan rings is 1. The van der Waals surface area contributed by atoms with Crippen molar-refractivity contribution in [2.45, 2.75) is 23.8 Å². The summed E-state index contributed by atoms with van der Waals surface area (Å²) in [6, 6.07) is 7.89. The zero-order valence-electron chi connectivity index (χ0n) is 11.8. The fourth-order valence-corrected chi connectivity index (χ4v) is 4.79. The molecule has 0 aromatic carbocycles. The van der Waals surface area contributed by atoms with E-state index in [2.05, 4.69) is 21.6 Å². The highest BCUT2D eigenvalue weighted by Gasteiger charge is 2.49. The standard InChI is InChI=1S/C16H18N2O2S/c1-3-13(8-17-5-1)20-15-7-16(21-10-15)11-18(12-16)9-14-4-2-6-19-14/h1-6,8,15H,7,9-12H2/t15-/m0/s1. The van der Waals surface area contributed by atoms with Gasteiger partial charge in [0.05, 0.1) is 19.0 Å². The zero-order chi connectivity index (χ0) is 14.1. The summed E-state index contributed by atoms with van der Waals surface area (Å²) < 4.78 is 11.8. The molecule has 2 fully saturated rings. The van der Waals surface area contributed by atoms with Crippen LogP contribution in [0.15, 0.2) is 47.3 Å². The van der Waals surface area contributed by atoms with E-state index < -0.39 is 0 Å². The number of likely N-dealkylation sites (tertiary alicyclic amines) is 1. The van der Waals surface area contributed by atoms with E-state index in [0.717, 1.165) is 43.3 Å². The molecule has 2 aliphatic heterocycles. The number of hydrogen-bond donors (Lipinski definition) is 0. The van der Waals surface area contributed by atoms with Gasteiger partial charge in [-0.3, -0.25) is 9.88 Å². The van der Waals surface area contributed by atoms with E-state index in [-0.39, 0.29) is 0 Å². The average Bonchev–Trinajstić information content (AvgIpc) is 3.10. The second kappa shape index (κ2) is 5.39. The van der Waals surface area contributed by atoms with Crippen molar-refractivity contribution in [2.24, 2.45) is 0 Å². The molecule has 0 unspecified atom stereocenters. The van der Waals surface area contributed by atoms with Gasteiger partial charge in [-0.2, -0.15) is 0 Å². The summed E-state index contributed by atoms with van der Waals surface area (Å²) in [6.45, 7) is 3.18. The van der Waals surface area contributed by atoms with Gasteiger partial charge in [0.25, 0.3) is 0 Å². The van der Waals surface area contributed by atoms with Crippen LogP contribution in [0.3, 0.4) is 0 Å². The van der Waals surface area contributed by atoms with Gasteiger partial charge in [-0.05, 0) is 24.3 Å². The molecule has 2 aromatic heterocycles. The molecule has 4 nitrogen and oxygen atoms in total. The topological polar surface area (TPSA) is 38.5 Å². The van der Waals surface area contributed by atoms with Crippen LogP contribution >= 0.6 is 11.8 Å². The summed E-state index contributed by atoms with van der Waals surface area (Å²) in [7, 11) is 0. The van der Waals surface area contributed by atoms with Crippen LogP contribution in [-0.4, -0.2) is 39.6 Å². The monoisotopic (exact) mass is 302 g/mol. The van der Waals surface area contributed by atoms with Crippen LogP contribution in [-0.2, 0) is 6.54 Å². The summed E-state index contributed by atoms with van der Waals surface area (Å²) in [5, 5.41) is 0. The number of hydrogen-bond acceptors (Lipinski definition) is 5. The zero-order valence-corrected chi connectivity index (χ0v) is 12.6. The van der Waals surface area contributed by atoms with E-state index in [0.29, 0.717) is 10.9 Å². The molecule has 110 valence electrons. The summed E-state index contributed by atoms with van der Waals surface area (Å²) >= 11 is 2.06. The van der Waals surface area contributed by atoms with Crippen LogP contribution in [0.4, 0.5) is 0 Å². The quantitative estimate of drug-likeness (QED) is 0.868. The third-order valence-corrected chi connectivity index (χ3v) is 5.67. The number of pyridine rings is 1. The van der Waals surface area contributed by atoms with Gasteiger partial charge in [-0.1, -0.05) is 0 Å². The smallest absolute Gasteiger partial charge is 0.138 e. The van der Waals surface area contributed by atoms with Crippen molar-refractivity contribution in [3.8, 4) is 5.75 Å². The minimum absolute atomic E-state index is 0.310. The van der Waals surface area contributed by atoms with Gasteiger partial charge in [0.1, 0.15) is 17.6 Å². The number of ether oxygens (including phenoxy) is 1. The molecule has 1 spiro atoms. The second-order valence-corrected chi connectivity index (χ2v) is 7.34. The lowest BCUT2D eigenvalue weighted by Gasteiger charge is -2.47. The minimum atomic E-state index is 0.310. The first kappa shape index (κ1) is 13.2. The predicted molar refractivity (Wildman–Crippen MR) is 82.4 cm³/mol. The fourth-order valence-electron chi connectivity index (χ4n) is 3.21. The first-order chi connectivity index (χ1) is 10.3. The first-order valence-electron chi connectivity index (χ1n) is 7.27. The lowest BCUT2D eigenvalue weighted by atomic mass is 9.93. The largest absolute Gasteiger partial charge is 0.488 e. The van der Waals surface area contributed by atoms with Gasteiger partial charge in [0, 0.05) is 36.2 Å². The third-order valence-electron chi connectivity index (χ3n) is 4.10. The Balaban J connectivity index is 1.29. The number of thioether (sulfide) groups is 1. The Morgan fingerprint density at radius 3 is 3.10 bits per heavy atom. The van der Waals surface area contributed by atoms with E-state index in [1.54, 1.807) is 18.7 Å². The summed E-state index contributed by atoms with van der Waals surface area (Å²) in [4.78, 5) is 6.54. The maximum Gasteiger partial charge on any atom is 0.138 e. The highest BCUT2D eigenvalue weighted by molar-refractivity contribution is 8.01. The molecule has 0 N–H and O–H groups in total. The van der Waals surface area contributed by atoms with Crippen molar-refractivity contribution in [1.29, 1.82) is 0 Å². The molecular weight excluding hydrogens is 284 g/mol. The molecule has 0 saturated carbocycles. The van der Waals surface area contributed by atoms with Crippen LogP contribution in [0.5, 0.6) is 5.75 Å². The van der Waals surface area contributed by atoms with E-state index in [9.17, 15) is 0 Å². The highest BCUT2D eigenvalue weighted by Crippen LogP contribution is 2.46. The SMILES string of the molecule is c1cncc(O[C@@H]2CSC3(C2)CN(Cc2ccco2)C3)c1. The summed E-state index contributed by atoms with van der Waals surface area (Å²) in [5.41, 5.74) is 0. The molecule has 2 saturated heterocycles. The Bertz CT molecular complexity index is 582. The van der Waals surface area contributed by atoms with Crippen molar-refractivity contribution in [1.82, 2.24) is 9.88 Å². The Labute approximate surface area is 128 Å². The first-order valence-corrected chi connectivity index (χ1v) is 8.25. The Morgan fingerprint density at radius 2 is 2.33 bits per heavy atom. The number of nitrogens with zero attached hydrogens (tertiary/aromatic N) is 2. The minimum Gasteiger partial charge on any atom is -0.488 e. The average molecular weight is 302 g/mol. The van der Waals surface area contributed by atoms with Crippen LogP contribution in [0.25, 0.3) is 0 Å². The lowest BCUT2D eigenvalue weighted by molar-refractivity contribution is 0.0856. The molecule has 4 rings (SSSR count). The highest BCUT2D eigenvalue weighted by atomic mass is 32.2. The van der Waals surface area contributed by atoms with E-state index >= 15 is 0 Å². The Kier molecular flexibility index (Phi) is 3.39. The molecule has 0 bridgehead atoms. The lowest BCUT2D eigenvalue weighted by Crippen LogP contribution is -2.58. The second-order valence-electron chi connectivity index (χ2n) is 5.85. The van der Waals surface area contributed by atoms with Gasteiger partial charge >= 0.3 is 0 Å². The molecule has 2 aromatic rings. The van der Waals surface area contributed by atoms with Gasteiger partial charge in [0.2, 0.25) is 0 Å². The van der Waals surface area contributed by atoms with Crippen molar-refractivity contribution in [3.05, 3.63) is 48.7 Å². The van der Waals surface area contributed by atoms with Crippen molar-refractivity contribution >= 4 is 11.8 Å². The van der Waals surface area contributed by atoms with Gasteiger partial charge in [-0.15, -0.1) is 11.8 Å². The van der Waals surface area contributed by atoms with Crippen molar-refractivity contribution < 1.29 is 9.15 Å². The number of aromatic nitrogens is 1. The normalized spacial score (nSPS) is 24.1. The maximum absolute atomic E-state index is 6.03. The molecule has 0 aliphatic carbocycles. The van der Waals surface area contributed by atoms with Crippen LogP contribution in [0.2, 0.25) is 0 Å². The van der Waals surface area contributed by atoms with Crippen LogP contribution in [0, 0.1) is 0 Å². The molecule has 2 aliphatic rings. The molecule has 5 heteroatoms. The van der Waals surface area contributed by atoms with E-state index in [4.69, 9.17) is 9.15 Å². The summed E-state index contributed by atoms with van der Waals surface area (Å²) in [6.07, 6.45) is 6.74. The maximum atomic E-state index is 6.03. The molecule has 0 amide bonds. The summed E-state index contributed by atoms with van der Waals surface area (Å²) in [5.74, 6) is 3.01. The fraction of sp³-hybridized carbons (Fsp3) is 0.438. The van der Waals surface area contributed by atoms with Gasteiger partial charge in [-0.25, -0.2) is 0 Å². The Hall–Kier alpha value is -1.46. The molecule has 1 atom stereocenters. The van der Waals surface area contributed by atoms with Crippen molar-refractivity contribution in [3.63, 3.8) is 0 Å². The van der Waals surface area contributed by atoms with Crippen molar-refractivity contribution in [2.75, 3.05) is 18.8 Å². The van der Waals surface area contributed by atoms with Gasteiger partial charge < -0.3 is 9.15 Å². The molecule has 21 heavy (non-hydrogen) atoms. The molecule has 4 heterocycles. The van der Waals surface area contributed by atoms with E-state index in [1.165, 1.54) is 0 Å². The Morgan fingerprint density at radius 1 is 1.38 bits per heavy atom. The predicted octanol–water partition coefficient (Wildman–Crippen LogP) is 2.81. The van der Waals surface area contributed by atoms with Crippen LogP contribution < -0.4 is 4.74 Å². The van der Waals surface area contributed by atoms with E-state index in [1.807, 2.05) is 24.3 Å². The third kappa shape index (κ3) is 2.80. The molecule has 0 radical (unpaired) electrons. The van der Waals surface area contributed by atoms with Crippen LogP contribution in [0.1, 0.15) is 12.2 Å². The van der Waals surface area contributed by atoms with Gasteiger partial charge in [0.15, 0.2) is 0 Å².